The van der Waals surface area contributed by atoms with Gasteiger partial charge in [-0.05, 0) is 37.3 Å². The van der Waals surface area contributed by atoms with Gasteiger partial charge in [0.1, 0.15) is 5.52 Å². The molecule has 4 heteroatoms. The molecule has 1 unspecified atom stereocenters. The number of nitrogens with zero attached hydrogens (tertiary/aromatic N) is 2. The van der Waals surface area contributed by atoms with Gasteiger partial charge in [0.15, 0.2) is 5.58 Å². The van der Waals surface area contributed by atoms with Gasteiger partial charge in [-0.25, -0.2) is 0 Å². The van der Waals surface area contributed by atoms with E-state index in [1.54, 1.807) is 0 Å². The Morgan fingerprint density at radius 3 is 3.10 bits per heavy atom. The molecule has 0 radical (unpaired) electrons. The lowest BCUT2D eigenvalue weighted by atomic mass is 9.96. The van der Waals surface area contributed by atoms with Gasteiger partial charge in [0, 0.05) is 24.8 Å². The second-order valence-corrected chi connectivity index (χ2v) is 5.80. The van der Waals surface area contributed by atoms with Crippen LogP contribution in [0.1, 0.15) is 39.0 Å². The average molecular weight is 273 g/mol. The van der Waals surface area contributed by atoms with Crippen LogP contribution in [0.15, 0.2) is 22.6 Å². The highest BCUT2D eigenvalue weighted by molar-refractivity contribution is 5.78. The van der Waals surface area contributed by atoms with Gasteiger partial charge in [-0.1, -0.05) is 19.8 Å². The Morgan fingerprint density at radius 2 is 2.25 bits per heavy atom. The van der Waals surface area contributed by atoms with Crippen molar-refractivity contribution in [2.24, 2.45) is 5.92 Å². The molecular weight excluding hydrogens is 250 g/mol. The zero-order chi connectivity index (χ0) is 13.9. The van der Waals surface area contributed by atoms with E-state index >= 15 is 0 Å². The van der Waals surface area contributed by atoms with Crippen LogP contribution in [0, 0.1) is 5.92 Å². The van der Waals surface area contributed by atoms with E-state index < -0.39 is 0 Å². The Hall–Kier alpha value is -1.71. The van der Waals surface area contributed by atoms with E-state index in [0.29, 0.717) is 0 Å². The molecule has 0 saturated carbocycles. The number of anilines is 2. The predicted octanol–water partition coefficient (Wildman–Crippen LogP) is 3.82. The van der Waals surface area contributed by atoms with Gasteiger partial charge in [-0.15, -0.1) is 0 Å². The van der Waals surface area contributed by atoms with Crippen molar-refractivity contribution in [1.29, 1.82) is 0 Å². The van der Waals surface area contributed by atoms with Crippen molar-refractivity contribution in [3.63, 3.8) is 0 Å². The number of hydrogen-bond donors (Lipinski definition) is 1. The Bertz CT molecular complexity index is 578. The second-order valence-electron chi connectivity index (χ2n) is 5.80. The standard InChI is InChI=1S/C16H23N3O/c1-2-4-12-5-3-9-19(10-8-12)16-18-14-7-6-13(17)11-15(14)20-16/h6-7,11-12H,2-5,8-10,17H2,1H3. The van der Waals surface area contributed by atoms with Gasteiger partial charge < -0.3 is 15.1 Å². The fourth-order valence-electron chi connectivity index (χ4n) is 3.12. The highest BCUT2D eigenvalue weighted by atomic mass is 16.4. The van der Waals surface area contributed by atoms with Crippen LogP contribution in [-0.4, -0.2) is 18.1 Å². The summed E-state index contributed by atoms with van der Waals surface area (Å²) in [4.78, 5) is 6.88. The zero-order valence-electron chi connectivity index (χ0n) is 12.1. The third-order valence-electron chi connectivity index (χ3n) is 4.22. The first-order valence-electron chi connectivity index (χ1n) is 7.67. The summed E-state index contributed by atoms with van der Waals surface area (Å²) in [7, 11) is 0. The molecule has 0 aliphatic carbocycles. The predicted molar refractivity (Wildman–Crippen MR) is 82.9 cm³/mol. The van der Waals surface area contributed by atoms with E-state index in [9.17, 15) is 0 Å². The molecule has 2 N–H and O–H groups in total. The Labute approximate surface area is 120 Å². The SMILES string of the molecule is CCCC1CCCN(c2nc3ccc(N)cc3o2)CC1. The second kappa shape index (κ2) is 5.73. The summed E-state index contributed by atoms with van der Waals surface area (Å²) in [5.74, 6) is 0.866. The van der Waals surface area contributed by atoms with Gasteiger partial charge >= 0.3 is 0 Å². The first-order valence-corrected chi connectivity index (χ1v) is 7.67. The molecule has 2 aromatic rings. The minimum atomic E-state index is 0.721. The molecule has 1 aliphatic heterocycles. The number of nitrogens with two attached hydrogens (primary N) is 1. The molecular formula is C16H23N3O. The molecule has 1 aliphatic rings. The first kappa shape index (κ1) is 13.3. The number of nitrogen functional groups attached to an aromatic ring is 1. The lowest BCUT2D eigenvalue weighted by molar-refractivity contribution is 0.434. The Kier molecular flexibility index (Phi) is 3.81. The van der Waals surface area contributed by atoms with Crippen molar-refractivity contribution < 1.29 is 4.42 Å². The van der Waals surface area contributed by atoms with Gasteiger partial charge in [0.25, 0.3) is 6.01 Å². The highest BCUT2D eigenvalue weighted by Crippen LogP contribution is 2.28. The van der Waals surface area contributed by atoms with Crippen LogP contribution in [0.5, 0.6) is 0 Å². The summed E-state index contributed by atoms with van der Waals surface area (Å²) in [6, 6.07) is 6.40. The smallest absolute Gasteiger partial charge is 0.298 e. The molecule has 0 amide bonds. The van der Waals surface area contributed by atoms with Crippen molar-refractivity contribution >= 4 is 22.8 Å². The summed E-state index contributed by atoms with van der Waals surface area (Å²) >= 11 is 0. The molecule has 1 atom stereocenters. The van der Waals surface area contributed by atoms with Gasteiger partial charge in [0.05, 0.1) is 0 Å². The fraction of sp³-hybridized carbons (Fsp3) is 0.562. The number of oxazole rings is 1. The molecule has 108 valence electrons. The summed E-state index contributed by atoms with van der Waals surface area (Å²) in [5.41, 5.74) is 8.19. The molecule has 1 aromatic carbocycles. The van der Waals surface area contributed by atoms with Crippen LogP contribution < -0.4 is 10.6 Å². The number of rotatable bonds is 3. The molecule has 4 nitrogen and oxygen atoms in total. The summed E-state index contributed by atoms with van der Waals surface area (Å²) < 4.78 is 5.87. The van der Waals surface area contributed by atoms with E-state index in [1.165, 1.54) is 32.1 Å². The minimum absolute atomic E-state index is 0.721. The number of aromatic nitrogens is 1. The van der Waals surface area contributed by atoms with Crippen molar-refractivity contribution in [3.05, 3.63) is 18.2 Å². The minimum Gasteiger partial charge on any atom is -0.423 e. The summed E-state index contributed by atoms with van der Waals surface area (Å²) in [6.45, 7) is 4.36. The van der Waals surface area contributed by atoms with Crippen LogP contribution in [-0.2, 0) is 0 Å². The topological polar surface area (TPSA) is 55.3 Å². The van der Waals surface area contributed by atoms with E-state index in [-0.39, 0.29) is 0 Å². The highest BCUT2D eigenvalue weighted by Gasteiger charge is 2.20. The molecule has 1 aromatic heterocycles. The zero-order valence-corrected chi connectivity index (χ0v) is 12.1. The normalized spacial score (nSPS) is 20.2. The molecule has 1 saturated heterocycles. The first-order chi connectivity index (χ1) is 9.76. The molecule has 20 heavy (non-hydrogen) atoms. The van der Waals surface area contributed by atoms with E-state index in [0.717, 1.165) is 41.8 Å². The van der Waals surface area contributed by atoms with E-state index in [4.69, 9.17) is 10.2 Å². The molecule has 1 fully saturated rings. The van der Waals surface area contributed by atoms with Gasteiger partial charge in [-0.2, -0.15) is 4.98 Å². The fourth-order valence-corrected chi connectivity index (χ4v) is 3.12. The van der Waals surface area contributed by atoms with Crippen molar-refractivity contribution in [3.8, 4) is 0 Å². The van der Waals surface area contributed by atoms with Crippen molar-refractivity contribution in [1.82, 2.24) is 4.98 Å². The van der Waals surface area contributed by atoms with Crippen molar-refractivity contribution in [2.45, 2.75) is 39.0 Å². The molecule has 0 bridgehead atoms. The van der Waals surface area contributed by atoms with Crippen LogP contribution in [0.25, 0.3) is 11.1 Å². The van der Waals surface area contributed by atoms with Crippen LogP contribution in [0.2, 0.25) is 0 Å². The lowest BCUT2D eigenvalue weighted by Crippen LogP contribution is -2.24. The maximum absolute atomic E-state index is 5.87. The van der Waals surface area contributed by atoms with Crippen LogP contribution in [0.4, 0.5) is 11.7 Å². The summed E-state index contributed by atoms with van der Waals surface area (Å²) in [6.07, 6.45) is 6.43. The van der Waals surface area contributed by atoms with Crippen molar-refractivity contribution in [2.75, 3.05) is 23.7 Å². The quantitative estimate of drug-likeness (QED) is 0.864. The third kappa shape index (κ3) is 2.74. The van der Waals surface area contributed by atoms with E-state index in [1.807, 2.05) is 18.2 Å². The maximum atomic E-state index is 5.87. The van der Waals surface area contributed by atoms with Crippen LogP contribution >= 0.6 is 0 Å². The molecule has 3 rings (SSSR count). The Balaban J connectivity index is 1.77. The largest absolute Gasteiger partial charge is 0.423 e. The number of hydrogen-bond acceptors (Lipinski definition) is 4. The maximum Gasteiger partial charge on any atom is 0.298 e. The average Bonchev–Trinajstić information content (AvgIpc) is 2.70. The number of fused-ring (bicyclic) bond motifs is 1. The molecule has 0 spiro atoms. The monoisotopic (exact) mass is 273 g/mol. The Morgan fingerprint density at radius 1 is 1.35 bits per heavy atom. The molecule has 2 heterocycles. The summed E-state index contributed by atoms with van der Waals surface area (Å²) in [5, 5.41) is 0. The van der Waals surface area contributed by atoms with E-state index in [2.05, 4.69) is 16.8 Å². The number of benzene rings is 1. The van der Waals surface area contributed by atoms with Crippen LogP contribution in [0.3, 0.4) is 0 Å². The van der Waals surface area contributed by atoms with Gasteiger partial charge in [0.2, 0.25) is 0 Å². The third-order valence-corrected chi connectivity index (χ3v) is 4.22. The van der Waals surface area contributed by atoms with Gasteiger partial charge in [-0.3, -0.25) is 0 Å². The lowest BCUT2D eigenvalue weighted by Gasteiger charge is -2.17.